The molecule has 0 heterocycles. The van der Waals surface area contributed by atoms with Crippen LogP contribution in [0.5, 0.6) is 0 Å². The Hall–Kier alpha value is -1.70. The maximum Gasteiger partial charge on any atom is 0.416 e. The minimum atomic E-state index is -4.46. The van der Waals surface area contributed by atoms with E-state index in [0.717, 1.165) is 24.3 Å². The van der Waals surface area contributed by atoms with Crippen molar-refractivity contribution in [1.82, 2.24) is 5.32 Å². The van der Waals surface area contributed by atoms with Gasteiger partial charge in [0.05, 0.1) is 12.0 Å². The third-order valence-corrected chi connectivity index (χ3v) is 2.45. The van der Waals surface area contributed by atoms with Gasteiger partial charge in [-0.2, -0.15) is 13.2 Å². The zero-order valence-electron chi connectivity index (χ0n) is 10.1. The molecule has 0 aliphatic rings. The average molecular weight is 297 g/mol. The molecule has 1 rings (SSSR count). The molecule has 0 saturated heterocycles. The van der Waals surface area contributed by atoms with Crippen molar-refractivity contribution in [2.24, 2.45) is 0 Å². The zero-order valence-corrected chi connectivity index (χ0v) is 10.1. The van der Waals surface area contributed by atoms with Crippen LogP contribution in [0.15, 0.2) is 24.3 Å². The summed E-state index contributed by atoms with van der Waals surface area (Å²) in [4.78, 5) is 11.3. The van der Waals surface area contributed by atoms with Crippen molar-refractivity contribution in [3.63, 3.8) is 0 Å². The van der Waals surface area contributed by atoms with Crippen LogP contribution >= 0.6 is 0 Å². The van der Waals surface area contributed by atoms with Gasteiger partial charge in [-0.15, -0.1) is 0 Å². The third kappa shape index (κ3) is 5.12. The smallest absolute Gasteiger partial charge is 0.385 e. The summed E-state index contributed by atoms with van der Waals surface area (Å²) in [5.41, 5.74) is -0.531. The minimum absolute atomic E-state index is 0.256. The summed E-state index contributed by atoms with van der Waals surface area (Å²) in [6.45, 7) is -0.614. The first-order valence-corrected chi connectivity index (χ1v) is 5.59. The lowest BCUT2D eigenvalue weighted by atomic mass is 10.1. The fraction of sp³-hybridized carbons (Fsp3) is 0.417. The monoisotopic (exact) mass is 297 g/mol. The maximum atomic E-state index is 12.3. The number of amides is 1. The van der Waals surface area contributed by atoms with Gasteiger partial charge in [0.15, 0.2) is 0 Å². The largest absolute Gasteiger partial charge is 0.416 e. The van der Waals surface area contributed by atoms with E-state index < -0.39 is 36.7 Å². The normalized spacial score (nSPS) is 13.3. The quantitative estimate of drug-likeness (QED) is 0.817. The lowest BCUT2D eigenvalue weighted by Gasteiger charge is -2.11. The van der Waals surface area contributed by atoms with E-state index in [1.54, 1.807) is 0 Å². The topological polar surface area (TPSA) is 49.3 Å². The molecule has 0 fully saturated rings. The van der Waals surface area contributed by atoms with Crippen LogP contribution < -0.4 is 5.32 Å². The summed E-state index contributed by atoms with van der Waals surface area (Å²) in [7, 11) is 0. The molecule has 1 amide bonds. The highest BCUT2D eigenvalue weighted by Gasteiger charge is 2.30. The number of hydrogen-bond donors (Lipinski definition) is 2. The van der Waals surface area contributed by atoms with Crippen molar-refractivity contribution in [1.29, 1.82) is 0 Å². The van der Waals surface area contributed by atoms with Gasteiger partial charge in [-0.1, -0.05) is 12.1 Å². The molecule has 20 heavy (non-hydrogen) atoms. The van der Waals surface area contributed by atoms with Crippen LogP contribution in [0.25, 0.3) is 0 Å². The number of rotatable bonds is 5. The van der Waals surface area contributed by atoms with Gasteiger partial charge >= 0.3 is 6.18 Å². The Morgan fingerprint density at radius 1 is 1.20 bits per heavy atom. The highest BCUT2D eigenvalue weighted by molar-refractivity contribution is 5.78. The van der Waals surface area contributed by atoms with Gasteiger partial charge in [0.25, 0.3) is 6.43 Å². The Balaban J connectivity index is 2.51. The van der Waals surface area contributed by atoms with Crippen LogP contribution in [0, 0.1) is 0 Å². The van der Waals surface area contributed by atoms with E-state index in [2.05, 4.69) is 5.32 Å². The molecule has 2 N–H and O–H groups in total. The van der Waals surface area contributed by atoms with Gasteiger partial charge < -0.3 is 10.4 Å². The minimum Gasteiger partial charge on any atom is -0.385 e. The van der Waals surface area contributed by atoms with E-state index in [1.165, 1.54) is 0 Å². The van der Waals surface area contributed by atoms with Crippen molar-refractivity contribution in [3.05, 3.63) is 35.4 Å². The van der Waals surface area contributed by atoms with Crippen LogP contribution in [-0.2, 0) is 17.4 Å². The third-order valence-electron chi connectivity index (χ3n) is 2.45. The summed E-state index contributed by atoms with van der Waals surface area (Å²) < 4.78 is 60.8. The zero-order chi connectivity index (χ0) is 15.3. The van der Waals surface area contributed by atoms with E-state index in [9.17, 15) is 26.7 Å². The van der Waals surface area contributed by atoms with Gasteiger partial charge in [-0.3, -0.25) is 4.79 Å². The van der Waals surface area contributed by atoms with Crippen molar-refractivity contribution in [3.8, 4) is 0 Å². The summed E-state index contributed by atoms with van der Waals surface area (Å²) in [6.07, 6.45) is -9.65. The predicted octanol–water partition coefficient (Wildman–Crippen LogP) is 1.99. The molecule has 3 nitrogen and oxygen atoms in total. The fourth-order valence-corrected chi connectivity index (χ4v) is 1.37. The van der Waals surface area contributed by atoms with Gasteiger partial charge in [-0.05, 0) is 17.7 Å². The molecular weight excluding hydrogens is 285 g/mol. The van der Waals surface area contributed by atoms with E-state index in [4.69, 9.17) is 5.11 Å². The molecule has 112 valence electrons. The number of halogens is 5. The van der Waals surface area contributed by atoms with Crippen molar-refractivity contribution >= 4 is 5.91 Å². The summed E-state index contributed by atoms with van der Waals surface area (Å²) >= 11 is 0. The molecule has 8 heteroatoms. The molecule has 0 spiro atoms. The number of alkyl halides is 5. The Labute approximate surface area is 111 Å². The van der Waals surface area contributed by atoms with Gasteiger partial charge in [0.1, 0.15) is 6.10 Å². The maximum absolute atomic E-state index is 12.3. The van der Waals surface area contributed by atoms with Gasteiger partial charge in [0.2, 0.25) is 5.91 Å². The van der Waals surface area contributed by atoms with Gasteiger partial charge in [0, 0.05) is 6.54 Å². The highest BCUT2D eigenvalue weighted by atomic mass is 19.4. The van der Waals surface area contributed by atoms with Crippen LogP contribution in [0.2, 0.25) is 0 Å². The lowest BCUT2D eigenvalue weighted by molar-refractivity contribution is -0.137. The number of hydrogen-bond acceptors (Lipinski definition) is 2. The second-order valence-corrected chi connectivity index (χ2v) is 4.08. The second-order valence-electron chi connectivity index (χ2n) is 4.08. The van der Waals surface area contributed by atoms with Crippen LogP contribution in [0.3, 0.4) is 0 Å². The predicted molar refractivity (Wildman–Crippen MR) is 60.2 cm³/mol. The molecule has 0 bridgehead atoms. The molecule has 1 unspecified atom stereocenters. The summed E-state index contributed by atoms with van der Waals surface area (Å²) in [6, 6.07) is 3.92. The van der Waals surface area contributed by atoms with E-state index in [0.29, 0.717) is 5.56 Å². The number of nitrogens with one attached hydrogen (secondary N) is 1. The summed E-state index contributed by atoms with van der Waals surface area (Å²) in [5, 5.41) is 10.8. The molecule has 0 saturated carbocycles. The number of carbonyl (C=O) groups is 1. The fourth-order valence-electron chi connectivity index (χ4n) is 1.37. The van der Waals surface area contributed by atoms with Crippen LogP contribution in [0.1, 0.15) is 11.1 Å². The first-order chi connectivity index (χ1) is 9.20. The van der Waals surface area contributed by atoms with E-state index >= 15 is 0 Å². The summed E-state index contributed by atoms with van der Waals surface area (Å²) in [5.74, 6) is -0.663. The molecule has 1 aromatic carbocycles. The number of aliphatic hydroxyl groups is 1. The van der Waals surface area contributed by atoms with E-state index in [1.807, 2.05) is 0 Å². The van der Waals surface area contributed by atoms with Gasteiger partial charge in [-0.25, -0.2) is 8.78 Å². The molecule has 0 radical (unpaired) electrons. The SMILES string of the molecule is O=C(Cc1ccc(C(F)(F)F)cc1)NCC(O)C(F)F. The molecule has 0 aliphatic heterocycles. The standard InChI is InChI=1S/C12H12F5NO2/c13-11(14)9(19)6-18-10(20)5-7-1-3-8(4-2-7)12(15,16)17/h1-4,9,11,19H,5-6H2,(H,18,20). The molecule has 0 aliphatic carbocycles. The number of aliphatic hydroxyl groups excluding tert-OH is 1. The Morgan fingerprint density at radius 2 is 1.75 bits per heavy atom. The highest BCUT2D eigenvalue weighted by Crippen LogP contribution is 2.29. The first kappa shape index (κ1) is 16.4. The van der Waals surface area contributed by atoms with Crippen LogP contribution in [-0.4, -0.2) is 30.1 Å². The second kappa shape index (κ2) is 6.65. The lowest BCUT2D eigenvalue weighted by Crippen LogP contribution is -2.36. The molecule has 1 atom stereocenters. The van der Waals surface area contributed by atoms with Crippen LogP contribution in [0.4, 0.5) is 22.0 Å². The molecular formula is C12H12F5NO2. The number of benzene rings is 1. The Bertz CT molecular complexity index is 444. The van der Waals surface area contributed by atoms with Crippen molar-refractivity contribution < 1.29 is 31.9 Å². The first-order valence-electron chi connectivity index (χ1n) is 5.59. The van der Waals surface area contributed by atoms with E-state index in [-0.39, 0.29) is 6.42 Å². The Kier molecular flexibility index (Phi) is 5.43. The molecule has 1 aromatic rings. The number of carbonyl (C=O) groups excluding carboxylic acids is 1. The average Bonchev–Trinajstić information content (AvgIpc) is 2.35. The van der Waals surface area contributed by atoms with Crippen molar-refractivity contribution in [2.45, 2.75) is 25.1 Å². The van der Waals surface area contributed by atoms with Crippen molar-refractivity contribution in [2.75, 3.05) is 6.54 Å². The Morgan fingerprint density at radius 3 is 2.20 bits per heavy atom. The molecule has 0 aromatic heterocycles.